The number of hydrogen-bond acceptors (Lipinski definition) is 2. The summed E-state index contributed by atoms with van der Waals surface area (Å²) in [4.78, 5) is 0. The van der Waals surface area contributed by atoms with Gasteiger partial charge in [0.15, 0.2) is 0 Å². The van der Waals surface area contributed by atoms with E-state index >= 15 is 0 Å². The Hall–Kier alpha value is -0.570. The molecule has 1 N–H and O–H groups in total. The van der Waals surface area contributed by atoms with Gasteiger partial charge in [-0.3, -0.25) is 5.32 Å². The fourth-order valence-electron chi connectivity index (χ4n) is 1.42. The standard InChI is InChI=1S/C10H12ClNO/c11-9-4-2-8(3-5-9)10-12-6-1-7-13-10/h2-5,10,12H,1,6-7H2. The quantitative estimate of drug-likeness (QED) is 0.747. The topological polar surface area (TPSA) is 21.3 Å². The molecule has 0 aliphatic carbocycles. The smallest absolute Gasteiger partial charge is 0.134 e. The highest BCUT2D eigenvalue weighted by atomic mass is 35.5. The molecule has 1 aliphatic heterocycles. The zero-order valence-electron chi connectivity index (χ0n) is 7.29. The molecule has 70 valence electrons. The summed E-state index contributed by atoms with van der Waals surface area (Å²) in [5, 5.41) is 4.05. The van der Waals surface area contributed by atoms with E-state index in [1.807, 2.05) is 24.3 Å². The van der Waals surface area contributed by atoms with Crippen LogP contribution in [-0.2, 0) is 4.74 Å². The average molecular weight is 198 g/mol. The van der Waals surface area contributed by atoms with Crippen LogP contribution >= 0.6 is 11.6 Å². The maximum Gasteiger partial charge on any atom is 0.134 e. The lowest BCUT2D eigenvalue weighted by Crippen LogP contribution is -2.30. The van der Waals surface area contributed by atoms with Gasteiger partial charge in [0.1, 0.15) is 6.23 Å². The van der Waals surface area contributed by atoms with Gasteiger partial charge in [-0.25, -0.2) is 0 Å². The molecular formula is C10H12ClNO. The van der Waals surface area contributed by atoms with E-state index in [0.717, 1.165) is 30.2 Å². The van der Waals surface area contributed by atoms with E-state index in [0.29, 0.717) is 0 Å². The van der Waals surface area contributed by atoms with Crippen LogP contribution < -0.4 is 5.32 Å². The minimum absolute atomic E-state index is 0.0472. The monoisotopic (exact) mass is 197 g/mol. The van der Waals surface area contributed by atoms with Crippen molar-refractivity contribution in [3.63, 3.8) is 0 Å². The van der Waals surface area contributed by atoms with E-state index in [2.05, 4.69) is 5.32 Å². The number of hydrogen-bond donors (Lipinski definition) is 1. The summed E-state index contributed by atoms with van der Waals surface area (Å²) in [5.74, 6) is 0. The van der Waals surface area contributed by atoms with Gasteiger partial charge in [-0.1, -0.05) is 23.7 Å². The van der Waals surface area contributed by atoms with Crippen LogP contribution in [0.5, 0.6) is 0 Å². The van der Waals surface area contributed by atoms with Crippen LogP contribution in [0.3, 0.4) is 0 Å². The van der Waals surface area contributed by atoms with Gasteiger partial charge in [0, 0.05) is 11.6 Å². The van der Waals surface area contributed by atoms with Crippen LogP contribution in [0, 0.1) is 0 Å². The Morgan fingerprint density at radius 2 is 2.08 bits per heavy atom. The lowest BCUT2D eigenvalue weighted by Gasteiger charge is -2.24. The molecule has 1 aromatic rings. The van der Waals surface area contributed by atoms with E-state index < -0.39 is 0 Å². The second-order valence-electron chi connectivity index (χ2n) is 3.11. The summed E-state index contributed by atoms with van der Waals surface area (Å²) < 4.78 is 5.55. The summed E-state index contributed by atoms with van der Waals surface area (Å²) >= 11 is 5.79. The SMILES string of the molecule is Clc1ccc(C2NCCCO2)cc1. The van der Waals surface area contributed by atoms with Crippen LogP contribution in [-0.4, -0.2) is 13.2 Å². The maximum absolute atomic E-state index is 5.79. The fourth-order valence-corrected chi connectivity index (χ4v) is 1.54. The van der Waals surface area contributed by atoms with Gasteiger partial charge in [0.25, 0.3) is 0 Å². The van der Waals surface area contributed by atoms with Crippen molar-refractivity contribution in [1.82, 2.24) is 5.32 Å². The third-order valence-electron chi connectivity index (χ3n) is 2.11. The molecule has 0 amide bonds. The molecule has 0 bridgehead atoms. The van der Waals surface area contributed by atoms with E-state index in [-0.39, 0.29) is 6.23 Å². The van der Waals surface area contributed by atoms with Crippen molar-refractivity contribution in [2.45, 2.75) is 12.6 Å². The average Bonchev–Trinajstić information content (AvgIpc) is 2.20. The first-order valence-electron chi connectivity index (χ1n) is 4.47. The summed E-state index contributed by atoms with van der Waals surface area (Å²) in [7, 11) is 0. The molecule has 1 fully saturated rings. The molecule has 0 spiro atoms. The van der Waals surface area contributed by atoms with Gasteiger partial charge in [-0.2, -0.15) is 0 Å². The van der Waals surface area contributed by atoms with Crippen molar-refractivity contribution in [2.75, 3.05) is 13.2 Å². The summed E-state index contributed by atoms with van der Waals surface area (Å²) in [6.07, 6.45) is 1.13. The molecule has 1 atom stereocenters. The Labute approximate surface area is 82.9 Å². The second kappa shape index (κ2) is 4.09. The van der Waals surface area contributed by atoms with E-state index in [1.165, 1.54) is 0 Å². The third kappa shape index (κ3) is 2.21. The second-order valence-corrected chi connectivity index (χ2v) is 3.55. The van der Waals surface area contributed by atoms with Crippen LogP contribution in [0.15, 0.2) is 24.3 Å². The van der Waals surface area contributed by atoms with Crippen LogP contribution in [0.2, 0.25) is 5.02 Å². The molecule has 0 aromatic heterocycles. The maximum atomic E-state index is 5.79. The lowest BCUT2D eigenvalue weighted by atomic mass is 10.2. The van der Waals surface area contributed by atoms with Gasteiger partial charge in [0.05, 0.1) is 6.61 Å². The molecule has 2 rings (SSSR count). The van der Waals surface area contributed by atoms with Crippen molar-refractivity contribution < 1.29 is 4.74 Å². The summed E-state index contributed by atoms with van der Waals surface area (Å²) in [6, 6.07) is 7.75. The molecule has 13 heavy (non-hydrogen) atoms. The molecule has 0 radical (unpaired) electrons. The van der Waals surface area contributed by atoms with Crippen molar-refractivity contribution in [1.29, 1.82) is 0 Å². The predicted octanol–water partition coefficient (Wildman–Crippen LogP) is 2.35. The highest BCUT2D eigenvalue weighted by Crippen LogP contribution is 2.19. The number of benzene rings is 1. The molecule has 1 unspecified atom stereocenters. The minimum atomic E-state index is 0.0472. The molecule has 0 saturated carbocycles. The van der Waals surface area contributed by atoms with Crippen molar-refractivity contribution in [3.05, 3.63) is 34.9 Å². The number of halogens is 1. The van der Waals surface area contributed by atoms with Gasteiger partial charge < -0.3 is 4.74 Å². The minimum Gasteiger partial charge on any atom is -0.359 e. The largest absolute Gasteiger partial charge is 0.359 e. The van der Waals surface area contributed by atoms with Crippen molar-refractivity contribution in [2.24, 2.45) is 0 Å². The number of rotatable bonds is 1. The Kier molecular flexibility index (Phi) is 2.83. The fraction of sp³-hybridized carbons (Fsp3) is 0.400. The van der Waals surface area contributed by atoms with Gasteiger partial charge in [0.2, 0.25) is 0 Å². The van der Waals surface area contributed by atoms with E-state index in [4.69, 9.17) is 16.3 Å². The first-order chi connectivity index (χ1) is 6.36. The number of nitrogens with one attached hydrogen (secondary N) is 1. The highest BCUT2D eigenvalue weighted by Gasteiger charge is 2.14. The van der Waals surface area contributed by atoms with Crippen LogP contribution in [0.25, 0.3) is 0 Å². The Morgan fingerprint density at radius 3 is 2.69 bits per heavy atom. The lowest BCUT2D eigenvalue weighted by molar-refractivity contribution is -0.000309. The summed E-state index contributed by atoms with van der Waals surface area (Å²) in [5.41, 5.74) is 1.14. The summed E-state index contributed by atoms with van der Waals surface area (Å²) in [6.45, 7) is 1.85. The molecule has 1 saturated heterocycles. The van der Waals surface area contributed by atoms with Crippen LogP contribution in [0.1, 0.15) is 18.2 Å². The Bertz CT molecular complexity index is 267. The number of ether oxygens (including phenoxy) is 1. The Balaban J connectivity index is 2.10. The first-order valence-corrected chi connectivity index (χ1v) is 4.84. The van der Waals surface area contributed by atoms with Crippen molar-refractivity contribution in [3.8, 4) is 0 Å². The zero-order chi connectivity index (χ0) is 9.10. The highest BCUT2D eigenvalue weighted by molar-refractivity contribution is 6.30. The van der Waals surface area contributed by atoms with Gasteiger partial charge >= 0.3 is 0 Å². The van der Waals surface area contributed by atoms with Crippen LogP contribution in [0.4, 0.5) is 0 Å². The molecule has 3 heteroatoms. The normalized spacial score (nSPS) is 23.0. The molecule has 1 aromatic carbocycles. The van der Waals surface area contributed by atoms with Gasteiger partial charge in [-0.15, -0.1) is 0 Å². The molecule has 1 heterocycles. The molecule has 2 nitrogen and oxygen atoms in total. The molecular weight excluding hydrogens is 186 g/mol. The van der Waals surface area contributed by atoms with Gasteiger partial charge in [-0.05, 0) is 24.1 Å². The predicted molar refractivity (Wildman–Crippen MR) is 52.8 cm³/mol. The van der Waals surface area contributed by atoms with E-state index in [9.17, 15) is 0 Å². The third-order valence-corrected chi connectivity index (χ3v) is 2.36. The van der Waals surface area contributed by atoms with Crippen molar-refractivity contribution >= 4 is 11.6 Å². The van der Waals surface area contributed by atoms with E-state index in [1.54, 1.807) is 0 Å². The first kappa shape index (κ1) is 9.00. The Morgan fingerprint density at radius 1 is 1.31 bits per heavy atom. The molecule has 1 aliphatic rings. The zero-order valence-corrected chi connectivity index (χ0v) is 8.05.